The van der Waals surface area contributed by atoms with E-state index in [-0.39, 0.29) is 37.7 Å². The fraction of sp³-hybridized carbons (Fsp3) is 0.500. The Hall–Kier alpha value is -1.76. The number of nitrogens with one attached hydrogen (secondary N) is 1. The molecule has 0 saturated carbocycles. The molecule has 24 heavy (non-hydrogen) atoms. The van der Waals surface area contributed by atoms with Crippen molar-refractivity contribution in [2.24, 2.45) is 5.92 Å². The van der Waals surface area contributed by atoms with Crippen LogP contribution in [0.1, 0.15) is 29.6 Å². The summed E-state index contributed by atoms with van der Waals surface area (Å²) in [6.45, 7) is 0.109. The molecule has 1 aromatic rings. The average molecular weight is 363 g/mol. The van der Waals surface area contributed by atoms with Crippen molar-refractivity contribution < 1.29 is 22.8 Å². The molecule has 0 bridgehead atoms. The Morgan fingerprint density at radius 2 is 1.92 bits per heavy atom. The number of benzene rings is 1. The molecule has 0 aliphatic carbocycles. The number of alkyl halides is 3. The molecule has 1 unspecified atom stereocenters. The van der Waals surface area contributed by atoms with E-state index in [0.29, 0.717) is 23.6 Å². The number of halogens is 4. The molecule has 1 atom stereocenters. The molecule has 4 nitrogen and oxygen atoms in total. The largest absolute Gasteiger partial charge is 0.393 e. The van der Waals surface area contributed by atoms with Gasteiger partial charge in [-0.15, -0.1) is 0 Å². The zero-order valence-corrected chi connectivity index (χ0v) is 13.7. The number of nitrogens with zero attached hydrogens (tertiary/aromatic N) is 1. The van der Waals surface area contributed by atoms with E-state index in [9.17, 15) is 22.8 Å². The predicted octanol–water partition coefficient (Wildman–Crippen LogP) is 3.26. The van der Waals surface area contributed by atoms with Gasteiger partial charge in [0, 0.05) is 36.6 Å². The molecule has 1 heterocycles. The van der Waals surface area contributed by atoms with E-state index in [1.165, 1.54) is 4.90 Å². The van der Waals surface area contributed by atoms with Crippen LogP contribution in [0.3, 0.4) is 0 Å². The van der Waals surface area contributed by atoms with Crippen molar-refractivity contribution in [2.75, 3.05) is 19.6 Å². The Morgan fingerprint density at radius 1 is 1.25 bits per heavy atom. The summed E-state index contributed by atoms with van der Waals surface area (Å²) < 4.78 is 38.2. The monoisotopic (exact) mass is 362 g/mol. The van der Waals surface area contributed by atoms with E-state index in [4.69, 9.17) is 11.6 Å². The lowest BCUT2D eigenvalue weighted by Crippen LogP contribution is -2.45. The lowest BCUT2D eigenvalue weighted by molar-refractivity contribution is -0.188. The number of hydrogen-bond acceptors (Lipinski definition) is 2. The lowest BCUT2D eigenvalue weighted by atomic mass is 9.97. The number of hydrogen-bond donors (Lipinski definition) is 1. The van der Waals surface area contributed by atoms with Crippen LogP contribution >= 0.6 is 11.6 Å². The third-order valence-electron chi connectivity index (χ3n) is 3.97. The van der Waals surface area contributed by atoms with Gasteiger partial charge in [0.25, 0.3) is 5.91 Å². The number of carbonyl (C=O) groups is 2. The predicted molar refractivity (Wildman–Crippen MR) is 83.8 cm³/mol. The van der Waals surface area contributed by atoms with Crippen LogP contribution in [0, 0.1) is 5.92 Å². The van der Waals surface area contributed by atoms with Crippen LogP contribution in [-0.4, -0.2) is 42.5 Å². The fourth-order valence-corrected chi connectivity index (χ4v) is 2.74. The Morgan fingerprint density at radius 3 is 2.54 bits per heavy atom. The number of likely N-dealkylation sites (tertiary alicyclic amines) is 1. The molecule has 132 valence electrons. The van der Waals surface area contributed by atoms with E-state index >= 15 is 0 Å². The smallest absolute Gasteiger partial charge is 0.352 e. The second kappa shape index (κ2) is 7.88. The minimum Gasteiger partial charge on any atom is -0.352 e. The molecule has 1 aromatic carbocycles. The van der Waals surface area contributed by atoms with E-state index in [1.807, 2.05) is 0 Å². The van der Waals surface area contributed by atoms with Crippen molar-refractivity contribution in [2.45, 2.75) is 25.4 Å². The summed E-state index contributed by atoms with van der Waals surface area (Å²) >= 11 is 5.73. The quantitative estimate of drug-likeness (QED) is 0.893. The third kappa shape index (κ3) is 5.12. The Bertz CT molecular complexity index is 590. The molecule has 2 rings (SSSR count). The van der Waals surface area contributed by atoms with Crippen molar-refractivity contribution in [1.29, 1.82) is 0 Å². The Balaban J connectivity index is 1.78. The van der Waals surface area contributed by atoms with Crippen LogP contribution < -0.4 is 5.32 Å². The van der Waals surface area contributed by atoms with Crippen LogP contribution in [0.2, 0.25) is 5.02 Å². The van der Waals surface area contributed by atoms with Crippen molar-refractivity contribution >= 4 is 23.4 Å². The van der Waals surface area contributed by atoms with E-state index in [1.54, 1.807) is 24.3 Å². The van der Waals surface area contributed by atoms with E-state index < -0.39 is 12.1 Å². The van der Waals surface area contributed by atoms with Crippen molar-refractivity contribution in [3.8, 4) is 0 Å². The number of carbonyl (C=O) groups excluding carboxylic acids is 2. The second-order valence-electron chi connectivity index (χ2n) is 5.73. The van der Waals surface area contributed by atoms with Gasteiger partial charge in [-0.3, -0.25) is 9.59 Å². The molecule has 0 radical (unpaired) electrons. The SMILES string of the molecule is O=C(NCCC(=O)N1CCCC(C(F)(F)F)C1)c1ccc(Cl)cc1. The number of rotatable bonds is 4. The van der Waals surface area contributed by atoms with Gasteiger partial charge in [0.2, 0.25) is 5.91 Å². The second-order valence-corrected chi connectivity index (χ2v) is 6.17. The minimum absolute atomic E-state index is 0.0239. The zero-order chi connectivity index (χ0) is 17.7. The first-order valence-corrected chi connectivity index (χ1v) is 8.03. The van der Waals surface area contributed by atoms with Crippen LogP contribution in [0.5, 0.6) is 0 Å². The molecular weight excluding hydrogens is 345 g/mol. The summed E-state index contributed by atoms with van der Waals surface area (Å²) in [5.41, 5.74) is 0.405. The van der Waals surface area contributed by atoms with Crippen LogP contribution in [0.4, 0.5) is 13.2 Å². The van der Waals surface area contributed by atoms with Crippen molar-refractivity contribution in [3.05, 3.63) is 34.9 Å². The van der Waals surface area contributed by atoms with Crippen LogP contribution in [-0.2, 0) is 4.79 Å². The van der Waals surface area contributed by atoms with Gasteiger partial charge >= 0.3 is 6.18 Å². The first-order valence-electron chi connectivity index (χ1n) is 7.65. The highest BCUT2D eigenvalue weighted by Gasteiger charge is 2.42. The van der Waals surface area contributed by atoms with Gasteiger partial charge in [-0.25, -0.2) is 0 Å². The zero-order valence-electron chi connectivity index (χ0n) is 12.9. The summed E-state index contributed by atoms with van der Waals surface area (Å²) in [7, 11) is 0. The number of amides is 2. The van der Waals surface area contributed by atoms with Gasteiger partial charge < -0.3 is 10.2 Å². The fourth-order valence-electron chi connectivity index (χ4n) is 2.62. The van der Waals surface area contributed by atoms with Crippen LogP contribution in [0.15, 0.2) is 24.3 Å². The topological polar surface area (TPSA) is 49.4 Å². The van der Waals surface area contributed by atoms with E-state index in [2.05, 4.69) is 5.32 Å². The summed E-state index contributed by atoms with van der Waals surface area (Å²) in [5.74, 6) is -2.19. The molecule has 8 heteroatoms. The molecule has 0 spiro atoms. The van der Waals surface area contributed by atoms with Crippen LogP contribution in [0.25, 0.3) is 0 Å². The van der Waals surface area contributed by atoms with Gasteiger partial charge in [0.15, 0.2) is 0 Å². The normalized spacial score (nSPS) is 18.3. The highest BCUT2D eigenvalue weighted by molar-refractivity contribution is 6.30. The van der Waals surface area contributed by atoms with Gasteiger partial charge in [-0.2, -0.15) is 13.2 Å². The van der Waals surface area contributed by atoms with Crippen molar-refractivity contribution in [3.63, 3.8) is 0 Å². The standard InChI is InChI=1S/C16H18ClF3N2O2/c17-13-5-3-11(4-6-13)15(24)21-8-7-14(23)22-9-1-2-12(10-22)16(18,19)20/h3-6,12H,1-2,7-10H2,(H,21,24). The molecule has 0 aromatic heterocycles. The summed E-state index contributed by atoms with van der Waals surface area (Å²) in [5, 5.41) is 3.08. The summed E-state index contributed by atoms with van der Waals surface area (Å²) in [6, 6.07) is 6.26. The maximum absolute atomic E-state index is 12.7. The highest BCUT2D eigenvalue weighted by atomic mass is 35.5. The third-order valence-corrected chi connectivity index (χ3v) is 4.22. The van der Waals surface area contributed by atoms with E-state index in [0.717, 1.165) is 0 Å². The molecule has 1 aliphatic rings. The maximum atomic E-state index is 12.7. The molecule has 1 N–H and O–H groups in total. The Kier molecular flexibility index (Phi) is 6.10. The van der Waals surface area contributed by atoms with Gasteiger partial charge in [0.05, 0.1) is 5.92 Å². The highest BCUT2D eigenvalue weighted by Crippen LogP contribution is 2.33. The molecular formula is C16H18ClF3N2O2. The minimum atomic E-state index is -4.28. The molecule has 1 aliphatic heterocycles. The van der Waals surface area contributed by atoms with Gasteiger partial charge in [-0.1, -0.05) is 11.6 Å². The average Bonchev–Trinajstić information content (AvgIpc) is 2.54. The first kappa shape index (κ1) is 18.6. The van der Waals surface area contributed by atoms with Crippen molar-refractivity contribution in [1.82, 2.24) is 10.2 Å². The Labute approximate surface area is 143 Å². The molecule has 2 amide bonds. The molecule has 1 fully saturated rings. The maximum Gasteiger partial charge on any atom is 0.393 e. The lowest BCUT2D eigenvalue weighted by Gasteiger charge is -2.33. The van der Waals surface area contributed by atoms with Gasteiger partial charge in [0.1, 0.15) is 0 Å². The molecule has 1 saturated heterocycles. The summed E-state index contributed by atoms with van der Waals surface area (Å²) in [4.78, 5) is 25.1. The number of piperidine rings is 1. The van der Waals surface area contributed by atoms with Gasteiger partial charge in [-0.05, 0) is 37.1 Å². The first-order chi connectivity index (χ1) is 11.3. The summed E-state index contributed by atoms with van der Waals surface area (Å²) in [6.07, 6.45) is -3.90.